The van der Waals surface area contributed by atoms with Crippen LogP contribution >= 0.6 is 0 Å². The van der Waals surface area contributed by atoms with E-state index in [-0.39, 0.29) is 5.91 Å². The Labute approximate surface area is 129 Å². The van der Waals surface area contributed by atoms with Crippen LogP contribution in [0.25, 0.3) is 10.9 Å². The van der Waals surface area contributed by atoms with Crippen LogP contribution in [0.15, 0.2) is 48.5 Å². The molecule has 22 heavy (non-hydrogen) atoms. The zero-order chi connectivity index (χ0) is 15.1. The van der Waals surface area contributed by atoms with Crippen molar-refractivity contribution in [2.45, 2.75) is 19.9 Å². The summed E-state index contributed by atoms with van der Waals surface area (Å²) in [6.45, 7) is 3.48. The Morgan fingerprint density at radius 1 is 1.14 bits per heavy atom. The molecule has 0 bridgehead atoms. The normalized spacial score (nSPS) is 14.1. The van der Waals surface area contributed by atoms with Crippen molar-refractivity contribution in [1.29, 1.82) is 0 Å². The first kappa shape index (κ1) is 13.1. The van der Waals surface area contributed by atoms with Crippen molar-refractivity contribution in [3.05, 3.63) is 70.9 Å². The minimum absolute atomic E-state index is 0.125. The van der Waals surface area contributed by atoms with Gasteiger partial charge in [0.15, 0.2) is 0 Å². The van der Waals surface area contributed by atoms with Crippen molar-refractivity contribution < 1.29 is 4.79 Å². The van der Waals surface area contributed by atoms with Crippen molar-refractivity contribution in [3.8, 4) is 0 Å². The topological polar surface area (TPSA) is 36.1 Å². The maximum atomic E-state index is 12.7. The van der Waals surface area contributed by atoms with Gasteiger partial charge in [0.1, 0.15) is 0 Å². The van der Waals surface area contributed by atoms with E-state index in [0.29, 0.717) is 6.54 Å². The Morgan fingerprint density at radius 2 is 2.00 bits per heavy atom. The summed E-state index contributed by atoms with van der Waals surface area (Å²) in [5.74, 6) is 0.125. The fourth-order valence-electron chi connectivity index (χ4n) is 3.30. The number of carbonyl (C=O) groups is 1. The number of benzene rings is 2. The molecule has 3 nitrogen and oxygen atoms in total. The molecule has 0 fully saturated rings. The second-order valence-electron chi connectivity index (χ2n) is 5.97. The highest BCUT2D eigenvalue weighted by Gasteiger charge is 2.24. The van der Waals surface area contributed by atoms with Gasteiger partial charge in [-0.15, -0.1) is 0 Å². The minimum Gasteiger partial charge on any atom is -0.358 e. The van der Waals surface area contributed by atoms with Crippen molar-refractivity contribution >= 4 is 16.8 Å². The SMILES string of the molecule is Cc1cccc(C(=O)N2CCc3[nH]c4ccccc4c3C2)c1. The number of aromatic nitrogens is 1. The fraction of sp³-hybridized carbons (Fsp3) is 0.211. The smallest absolute Gasteiger partial charge is 0.254 e. The van der Waals surface area contributed by atoms with E-state index in [0.717, 1.165) is 29.6 Å². The number of fused-ring (bicyclic) bond motifs is 3. The van der Waals surface area contributed by atoms with Crippen LogP contribution < -0.4 is 0 Å². The van der Waals surface area contributed by atoms with Crippen LogP contribution in [0.4, 0.5) is 0 Å². The summed E-state index contributed by atoms with van der Waals surface area (Å²) in [5.41, 5.74) is 5.61. The number of aryl methyl sites for hydroxylation is 1. The average Bonchev–Trinajstić information content (AvgIpc) is 2.92. The maximum absolute atomic E-state index is 12.7. The molecule has 0 spiro atoms. The molecule has 0 atom stereocenters. The number of nitrogens with one attached hydrogen (secondary N) is 1. The lowest BCUT2D eigenvalue weighted by atomic mass is 10.0. The zero-order valence-electron chi connectivity index (χ0n) is 12.6. The number of carbonyl (C=O) groups excluding carboxylic acids is 1. The highest BCUT2D eigenvalue weighted by Crippen LogP contribution is 2.28. The molecule has 110 valence electrons. The minimum atomic E-state index is 0.125. The number of amides is 1. The van der Waals surface area contributed by atoms with E-state index in [9.17, 15) is 4.79 Å². The highest BCUT2D eigenvalue weighted by molar-refractivity contribution is 5.95. The first-order valence-electron chi connectivity index (χ1n) is 7.67. The van der Waals surface area contributed by atoms with Crippen LogP contribution in [0.5, 0.6) is 0 Å². The largest absolute Gasteiger partial charge is 0.358 e. The van der Waals surface area contributed by atoms with E-state index in [2.05, 4.69) is 23.2 Å². The summed E-state index contributed by atoms with van der Waals surface area (Å²) in [4.78, 5) is 18.2. The van der Waals surface area contributed by atoms with Crippen LogP contribution in [0.3, 0.4) is 0 Å². The molecular weight excluding hydrogens is 272 g/mol. The van der Waals surface area contributed by atoms with E-state index >= 15 is 0 Å². The van der Waals surface area contributed by atoms with Gasteiger partial charge in [-0.3, -0.25) is 4.79 Å². The Kier molecular flexibility index (Phi) is 3.00. The lowest BCUT2D eigenvalue weighted by Crippen LogP contribution is -2.35. The van der Waals surface area contributed by atoms with Gasteiger partial charge in [0, 0.05) is 47.2 Å². The van der Waals surface area contributed by atoms with Gasteiger partial charge in [-0.05, 0) is 25.1 Å². The number of hydrogen-bond acceptors (Lipinski definition) is 1. The molecule has 1 aromatic heterocycles. The van der Waals surface area contributed by atoms with E-state index in [1.807, 2.05) is 42.2 Å². The van der Waals surface area contributed by atoms with Gasteiger partial charge in [0.05, 0.1) is 0 Å². The molecular formula is C19H18N2O. The van der Waals surface area contributed by atoms with Crippen LogP contribution in [-0.4, -0.2) is 22.3 Å². The number of H-pyrrole nitrogens is 1. The summed E-state index contributed by atoms with van der Waals surface area (Å²) in [7, 11) is 0. The van der Waals surface area contributed by atoms with E-state index < -0.39 is 0 Å². The summed E-state index contributed by atoms with van der Waals surface area (Å²) < 4.78 is 0. The number of hydrogen-bond donors (Lipinski definition) is 1. The van der Waals surface area contributed by atoms with Gasteiger partial charge in [-0.25, -0.2) is 0 Å². The van der Waals surface area contributed by atoms with Gasteiger partial charge in [-0.1, -0.05) is 35.9 Å². The third kappa shape index (κ3) is 2.10. The first-order valence-corrected chi connectivity index (χ1v) is 7.67. The van der Waals surface area contributed by atoms with Crippen LogP contribution in [-0.2, 0) is 13.0 Å². The first-order chi connectivity index (χ1) is 10.7. The number of aromatic amines is 1. The molecule has 1 N–H and O–H groups in total. The molecule has 0 saturated heterocycles. The Bertz CT molecular complexity index is 863. The molecule has 0 radical (unpaired) electrons. The second kappa shape index (κ2) is 5.02. The predicted molar refractivity (Wildman–Crippen MR) is 87.9 cm³/mol. The van der Waals surface area contributed by atoms with Crippen molar-refractivity contribution in [2.75, 3.05) is 6.54 Å². The molecule has 0 aliphatic carbocycles. The predicted octanol–water partition coefficient (Wildman–Crippen LogP) is 3.67. The van der Waals surface area contributed by atoms with E-state index in [1.165, 1.54) is 16.6 Å². The fourth-order valence-corrected chi connectivity index (χ4v) is 3.30. The van der Waals surface area contributed by atoms with Gasteiger partial charge in [0.25, 0.3) is 5.91 Å². The van der Waals surface area contributed by atoms with E-state index in [1.54, 1.807) is 0 Å². The zero-order valence-corrected chi connectivity index (χ0v) is 12.6. The summed E-state index contributed by atoms with van der Waals surface area (Å²) in [5, 5.41) is 1.24. The quantitative estimate of drug-likeness (QED) is 0.729. The molecule has 0 saturated carbocycles. The van der Waals surface area contributed by atoms with Crippen molar-refractivity contribution in [1.82, 2.24) is 9.88 Å². The Hall–Kier alpha value is -2.55. The average molecular weight is 290 g/mol. The van der Waals surface area contributed by atoms with Gasteiger partial charge in [-0.2, -0.15) is 0 Å². The van der Waals surface area contributed by atoms with Crippen LogP contribution in [0.2, 0.25) is 0 Å². The molecule has 3 aromatic rings. The summed E-state index contributed by atoms with van der Waals surface area (Å²) in [6, 6.07) is 16.2. The maximum Gasteiger partial charge on any atom is 0.254 e. The lowest BCUT2D eigenvalue weighted by molar-refractivity contribution is 0.0735. The Morgan fingerprint density at radius 3 is 2.86 bits per heavy atom. The molecule has 3 heteroatoms. The molecule has 4 rings (SSSR count). The molecule has 1 aliphatic rings. The second-order valence-corrected chi connectivity index (χ2v) is 5.97. The summed E-state index contributed by atoms with van der Waals surface area (Å²) >= 11 is 0. The monoisotopic (exact) mass is 290 g/mol. The summed E-state index contributed by atoms with van der Waals surface area (Å²) in [6.07, 6.45) is 0.890. The van der Waals surface area contributed by atoms with Gasteiger partial charge in [0.2, 0.25) is 0 Å². The van der Waals surface area contributed by atoms with Crippen LogP contribution in [0.1, 0.15) is 27.2 Å². The molecule has 1 aliphatic heterocycles. The van der Waals surface area contributed by atoms with Gasteiger partial charge >= 0.3 is 0 Å². The van der Waals surface area contributed by atoms with Crippen LogP contribution in [0, 0.1) is 6.92 Å². The lowest BCUT2D eigenvalue weighted by Gasteiger charge is -2.27. The van der Waals surface area contributed by atoms with Crippen molar-refractivity contribution in [2.24, 2.45) is 0 Å². The van der Waals surface area contributed by atoms with Crippen molar-refractivity contribution in [3.63, 3.8) is 0 Å². The molecule has 1 amide bonds. The molecule has 2 aromatic carbocycles. The highest BCUT2D eigenvalue weighted by atomic mass is 16.2. The number of nitrogens with zero attached hydrogens (tertiary/aromatic N) is 1. The molecule has 0 unspecified atom stereocenters. The Balaban J connectivity index is 1.68. The van der Waals surface area contributed by atoms with E-state index in [4.69, 9.17) is 0 Å². The standard InChI is InChI=1S/C19H18N2O/c1-13-5-4-6-14(11-13)19(22)21-10-9-18-16(12-21)15-7-2-3-8-17(15)20-18/h2-8,11,20H,9-10,12H2,1H3. The third-order valence-corrected chi connectivity index (χ3v) is 4.43. The third-order valence-electron chi connectivity index (χ3n) is 4.43. The number of rotatable bonds is 1. The van der Waals surface area contributed by atoms with Gasteiger partial charge < -0.3 is 9.88 Å². The number of para-hydroxylation sites is 1. The molecule has 2 heterocycles.